The number of rotatable bonds is 2. The van der Waals surface area contributed by atoms with Crippen molar-refractivity contribution in [2.24, 2.45) is 0 Å². The van der Waals surface area contributed by atoms with Crippen LogP contribution in [0.5, 0.6) is 0 Å². The maximum Gasteiger partial charge on any atom is 0.272 e. The number of halogens is 1. The number of nitrogens with one attached hydrogen (secondary N) is 2. The Morgan fingerprint density at radius 3 is 2.79 bits per heavy atom. The van der Waals surface area contributed by atoms with Gasteiger partial charge in [0.1, 0.15) is 5.69 Å². The molecule has 0 radical (unpaired) electrons. The molecule has 2 aromatic heterocycles. The number of para-hydroxylation sites is 1. The number of carbonyl (C=O) groups excluding carboxylic acids is 1. The highest BCUT2D eigenvalue weighted by molar-refractivity contribution is 6.05. The number of nitrogens with zero attached hydrogens (tertiary/aromatic N) is 1. The molecule has 0 aliphatic rings. The van der Waals surface area contributed by atoms with Crippen LogP contribution in [0.25, 0.3) is 10.9 Å². The molecular weight excluding hydrogens is 245 g/mol. The summed E-state index contributed by atoms with van der Waals surface area (Å²) in [6, 6.07) is 12.0. The molecule has 19 heavy (non-hydrogen) atoms. The summed E-state index contributed by atoms with van der Waals surface area (Å²) in [6.07, 6.45) is 1.27. The molecule has 5 heteroatoms. The van der Waals surface area contributed by atoms with E-state index in [0.717, 1.165) is 10.9 Å². The van der Waals surface area contributed by atoms with E-state index in [1.54, 1.807) is 6.07 Å². The van der Waals surface area contributed by atoms with Gasteiger partial charge in [-0.3, -0.25) is 4.79 Å². The van der Waals surface area contributed by atoms with E-state index in [-0.39, 0.29) is 5.91 Å². The maximum atomic E-state index is 12.7. The second kappa shape index (κ2) is 4.53. The van der Waals surface area contributed by atoms with E-state index in [1.165, 1.54) is 18.3 Å². The molecule has 0 spiro atoms. The van der Waals surface area contributed by atoms with Gasteiger partial charge < -0.3 is 10.3 Å². The molecule has 3 aromatic rings. The molecule has 4 nitrogen and oxygen atoms in total. The molecule has 0 saturated carbocycles. The highest BCUT2D eigenvalue weighted by Gasteiger charge is 2.09. The molecule has 0 aliphatic heterocycles. The molecule has 2 heterocycles. The summed E-state index contributed by atoms with van der Waals surface area (Å²) >= 11 is 0. The smallest absolute Gasteiger partial charge is 0.272 e. The van der Waals surface area contributed by atoms with Crippen molar-refractivity contribution in [2.75, 3.05) is 5.32 Å². The lowest BCUT2D eigenvalue weighted by Gasteiger charge is -2.02. The Morgan fingerprint density at radius 1 is 1.21 bits per heavy atom. The number of fused-ring (bicyclic) bond motifs is 1. The normalized spacial score (nSPS) is 10.6. The van der Waals surface area contributed by atoms with Crippen molar-refractivity contribution in [2.45, 2.75) is 0 Å². The van der Waals surface area contributed by atoms with Gasteiger partial charge in [-0.25, -0.2) is 4.98 Å². The SMILES string of the molecule is O=C(Nc1ccc(F)nc1)c1cc2ccccc2[nH]1. The largest absolute Gasteiger partial charge is 0.351 e. The average Bonchev–Trinajstić information content (AvgIpc) is 2.85. The van der Waals surface area contributed by atoms with Gasteiger partial charge in [-0.05, 0) is 24.3 Å². The minimum atomic E-state index is -0.580. The fraction of sp³-hybridized carbons (Fsp3) is 0. The van der Waals surface area contributed by atoms with Gasteiger partial charge in [0.25, 0.3) is 5.91 Å². The zero-order valence-electron chi connectivity index (χ0n) is 9.85. The van der Waals surface area contributed by atoms with Crippen molar-refractivity contribution in [3.05, 3.63) is 60.3 Å². The molecule has 0 saturated heterocycles. The number of benzene rings is 1. The summed E-state index contributed by atoms with van der Waals surface area (Å²) in [4.78, 5) is 18.5. The molecule has 0 atom stereocenters. The van der Waals surface area contributed by atoms with Gasteiger partial charge in [0.15, 0.2) is 0 Å². The van der Waals surface area contributed by atoms with Crippen LogP contribution in [0.1, 0.15) is 10.5 Å². The number of pyridine rings is 1. The molecule has 1 aromatic carbocycles. The molecule has 0 bridgehead atoms. The van der Waals surface area contributed by atoms with Crippen LogP contribution in [0.3, 0.4) is 0 Å². The van der Waals surface area contributed by atoms with Gasteiger partial charge >= 0.3 is 0 Å². The van der Waals surface area contributed by atoms with Crippen molar-refractivity contribution < 1.29 is 9.18 Å². The average molecular weight is 255 g/mol. The van der Waals surface area contributed by atoms with Gasteiger partial charge in [-0.1, -0.05) is 18.2 Å². The molecule has 0 aliphatic carbocycles. The maximum absolute atomic E-state index is 12.7. The minimum Gasteiger partial charge on any atom is -0.351 e. The molecule has 0 fully saturated rings. The standard InChI is InChI=1S/C14H10FN3O/c15-13-6-5-10(8-16-13)17-14(19)12-7-9-3-1-2-4-11(9)18-12/h1-8,18H,(H,17,19). The number of H-pyrrole nitrogens is 1. The van der Waals surface area contributed by atoms with Gasteiger partial charge in [-0.15, -0.1) is 0 Å². The summed E-state index contributed by atoms with van der Waals surface area (Å²) < 4.78 is 12.7. The number of anilines is 1. The van der Waals surface area contributed by atoms with Crippen LogP contribution < -0.4 is 5.32 Å². The predicted octanol–water partition coefficient (Wildman–Crippen LogP) is 2.95. The predicted molar refractivity (Wildman–Crippen MR) is 70.4 cm³/mol. The van der Waals surface area contributed by atoms with Gasteiger partial charge in [-0.2, -0.15) is 4.39 Å². The zero-order chi connectivity index (χ0) is 13.2. The Morgan fingerprint density at radius 2 is 2.05 bits per heavy atom. The Hall–Kier alpha value is -2.69. The van der Waals surface area contributed by atoms with Crippen LogP contribution in [0.15, 0.2) is 48.7 Å². The van der Waals surface area contributed by atoms with E-state index >= 15 is 0 Å². The van der Waals surface area contributed by atoms with Crippen LogP contribution in [-0.4, -0.2) is 15.9 Å². The first-order chi connectivity index (χ1) is 9.22. The van der Waals surface area contributed by atoms with Gasteiger partial charge in [0.2, 0.25) is 5.95 Å². The molecule has 3 rings (SSSR count). The van der Waals surface area contributed by atoms with Crippen LogP contribution in [-0.2, 0) is 0 Å². The fourth-order valence-corrected chi connectivity index (χ4v) is 1.84. The third-order valence-corrected chi connectivity index (χ3v) is 2.76. The van der Waals surface area contributed by atoms with E-state index in [0.29, 0.717) is 11.4 Å². The third kappa shape index (κ3) is 2.30. The van der Waals surface area contributed by atoms with Crippen LogP contribution in [0.2, 0.25) is 0 Å². The summed E-state index contributed by atoms with van der Waals surface area (Å²) in [6.45, 7) is 0. The van der Waals surface area contributed by atoms with E-state index in [1.807, 2.05) is 24.3 Å². The van der Waals surface area contributed by atoms with Gasteiger partial charge in [0, 0.05) is 10.9 Å². The number of carbonyl (C=O) groups is 1. The topological polar surface area (TPSA) is 57.8 Å². The highest BCUT2D eigenvalue weighted by atomic mass is 19.1. The Balaban J connectivity index is 1.85. The van der Waals surface area contributed by atoms with Crippen LogP contribution in [0.4, 0.5) is 10.1 Å². The van der Waals surface area contributed by atoms with E-state index in [9.17, 15) is 9.18 Å². The molecule has 1 amide bonds. The first-order valence-corrected chi connectivity index (χ1v) is 5.73. The van der Waals surface area contributed by atoms with Crippen molar-refractivity contribution >= 4 is 22.5 Å². The first-order valence-electron chi connectivity index (χ1n) is 5.73. The molecular formula is C14H10FN3O. The first kappa shape index (κ1) is 11.4. The van der Waals surface area contributed by atoms with Gasteiger partial charge in [0.05, 0.1) is 11.9 Å². The summed E-state index contributed by atoms with van der Waals surface area (Å²) in [7, 11) is 0. The van der Waals surface area contributed by atoms with Crippen molar-refractivity contribution in [3.63, 3.8) is 0 Å². The van der Waals surface area contributed by atoms with E-state index < -0.39 is 5.95 Å². The monoisotopic (exact) mass is 255 g/mol. The lowest BCUT2D eigenvalue weighted by atomic mass is 10.2. The lowest BCUT2D eigenvalue weighted by molar-refractivity contribution is 0.102. The summed E-state index contributed by atoms with van der Waals surface area (Å²) in [5, 5.41) is 3.61. The van der Waals surface area contributed by atoms with E-state index in [4.69, 9.17) is 0 Å². The minimum absolute atomic E-state index is 0.287. The molecule has 2 N–H and O–H groups in total. The third-order valence-electron chi connectivity index (χ3n) is 2.76. The Labute approximate surface area is 108 Å². The quantitative estimate of drug-likeness (QED) is 0.692. The Kier molecular flexibility index (Phi) is 2.72. The van der Waals surface area contributed by atoms with Crippen molar-refractivity contribution in [3.8, 4) is 0 Å². The highest BCUT2D eigenvalue weighted by Crippen LogP contribution is 2.16. The molecule has 94 valence electrons. The van der Waals surface area contributed by atoms with Crippen LogP contribution in [0, 0.1) is 5.95 Å². The summed E-state index contributed by atoms with van der Waals surface area (Å²) in [5.41, 5.74) is 1.79. The number of hydrogen-bond donors (Lipinski definition) is 2. The number of aromatic nitrogens is 2. The number of amides is 1. The van der Waals surface area contributed by atoms with Crippen LogP contribution >= 0.6 is 0 Å². The zero-order valence-corrected chi connectivity index (χ0v) is 9.85. The number of hydrogen-bond acceptors (Lipinski definition) is 2. The fourth-order valence-electron chi connectivity index (χ4n) is 1.84. The van der Waals surface area contributed by atoms with Crippen molar-refractivity contribution in [1.29, 1.82) is 0 Å². The number of aromatic amines is 1. The second-order valence-corrected chi connectivity index (χ2v) is 4.09. The molecule has 0 unspecified atom stereocenters. The Bertz CT molecular complexity index is 701. The summed E-state index contributed by atoms with van der Waals surface area (Å²) in [5.74, 6) is -0.867. The second-order valence-electron chi connectivity index (χ2n) is 4.09. The van der Waals surface area contributed by atoms with E-state index in [2.05, 4.69) is 15.3 Å². The lowest BCUT2D eigenvalue weighted by Crippen LogP contribution is -2.12. The van der Waals surface area contributed by atoms with Crippen molar-refractivity contribution in [1.82, 2.24) is 9.97 Å².